The SMILES string of the molecule is C[C@@H](Nc1cnnc2ccc(N3CC4(CCN(C)C4=O)C3)cc12)c1cccc(C(F)F)c1F. The molecule has 0 aliphatic carbocycles. The third-order valence-electron chi connectivity index (χ3n) is 6.83. The van der Waals surface area contributed by atoms with Gasteiger partial charge < -0.3 is 15.1 Å². The van der Waals surface area contributed by atoms with Crippen molar-refractivity contribution in [1.29, 1.82) is 0 Å². The minimum Gasteiger partial charge on any atom is -0.377 e. The van der Waals surface area contributed by atoms with E-state index in [1.54, 1.807) is 18.0 Å². The second-order valence-electron chi connectivity index (χ2n) is 8.99. The Morgan fingerprint density at radius 1 is 1.15 bits per heavy atom. The summed E-state index contributed by atoms with van der Waals surface area (Å²) in [7, 11) is 1.84. The smallest absolute Gasteiger partial charge is 0.266 e. The Morgan fingerprint density at radius 3 is 2.61 bits per heavy atom. The average Bonchev–Trinajstić information content (AvgIpc) is 3.07. The normalized spacial score (nSPS) is 18.3. The Labute approximate surface area is 189 Å². The molecule has 2 aliphatic rings. The third-order valence-corrected chi connectivity index (χ3v) is 6.83. The fraction of sp³-hybridized carbons (Fsp3) is 0.375. The van der Waals surface area contributed by atoms with Gasteiger partial charge in [0.25, 0.3) is 6.43 Å². The van der Waals surface area contributed by atoms with E-state index in [9.17, 15) is 18.0 Å². The Bertz CT molecular complexity index is 1230. The van der Waals surface area contributed by atoms with E-state index in [1.807, 2.05) is 25.2 Å². The van der Waals surface area contributed by atoms with Crippen LogP contribution in [0.15, 0.2) is 42.6 Å². The van der Waals surface area contributed by atoms with Crippen molar-refractivity contribution >= 4 is 28.2 Å². The lowest BCUT2D eigenvalue weighted by molar-refractivity contribution is -0.136. The topological polar surface area (TPSA) is 61.4 Å². The first kappa shape index (κ1) is 21.5. The highest BCUT2D eigenvalue weighted by atomic mass is 19.3. The summed E-state index contributed by atoms with van der Waals surface area (Å²) in [4.78, 5) is 16.4. The fourth-order valence-corrected chi connectivity index (χ4v) is 4.89. The number of nitrogens with one attached hydrogen (secondary N) is 1. The van der Waals surface area contributed by atoms with Gasteiger partial charge >= 0.3 is 0 Å². The molecule has 5 rings (SSSR count). The molecule has 1 atom stereocenters. The number of alkyl halides is 2. The number of carbonyl (C=O) groups excluding carboxylic acids is 1. The van der Waals surface area contributed by atoms with Gasteiger partial charge in [-0.1, -0.05) is 18.2 Å². The number of benzene rings is 2. The molecule has 2 fully saturated rings. The van der Waals surface area contributed by atoms with Gasteiger partial charge in [0.2, 0.25) is 5.91 Å². The summed E-state index contributed by atoms with van der Waals surface area (Å²) in [6.07, 6.45) is -0.467. The van der Waals surface area contributed by atoms with Crippen molar-refractivity contribution in [3.05, 3.63) is 59.5 Å². The van der Waals surface area contributed by atoms with Crippen LogP contribution in [0, 0.1) is 11.2 Å². The van der Waals surface area contributed by atoms with Gasteiger partial charge in [0.1, 0.15) is 5.82 Å². The fourth-order valence-electron chi connectivity index (χ4n) is 4.89. The molecule has 0 radical (unpaired) electrons. The van der Waals surface area contributed by atoms with Crippen molar-refractivity contribution in [1.82, 2.24) is 15.1 Å². The molecule has 0 unspecified atom stereocenters. The van der Waals surface area contributed by atoms with Crippen LogP contribution in [-0.4, -0.2) is 47.7 Å². The molecule has 3 heterocycles. The van der Waals surface area contributed by atoms with E-state index in [2.05, 4.69) is 20.4 Å². The zero-order valence-corrected chi connectivity index (χ0v) is 18.4. The summed E-state index contributed by atoms with van der Waals surface area (Å²) in [5, 5.41) is 12.2. The van der Waals surface area contributed by atoms with E-state index in [-0.39, 0.29) is 16.9 Å². The lowest BCUT2D eigenvalue weighted by Crippen LogP contribution is -2.60. The lowest BCUT2D eigenvalue weighted by Gasteiger charge is -2.47. The highest BCUT2D eigenvalue weighted by Crippen LogP contribution is 2.43. The predicted molar refractivity (Wildman–Crippen MR) is 120 cm³/mol. The Morgan fingerprint density at radius 2 is 1.91 bits per heavy atom. The molecular weight excluding hydrogens is 431 g/mol. The van der Waals surface area contributed by atoms with Crippen LogP contribution in [0.2, 0.25) is 0 Å². The maximum Gasteiger partial charge on any atom is 0.266 e. The lowest BCUT2D eigenvalue weighted by atomic mass is 9.78. The molecule has 33 heavy (non-hydrogen) atoms. The van der Waals surface area contributed by atoms with Gasteiger partial charge in [-0.2, -0.15) is 10.2 Å². The number of hydrogen-bond acceptors (Lipinski definition) is 5. The largest absolute Gasteiger partial charge is 0.377 e. The van der Waals surface area contributed by atoms with Crippen molar-refractivity contribution < 1.29 is 18.0 Å². The number of fused-ring (bicyclic) bond motifs is 1. The standard InChI is InChI=1S/C24H24F3N5O/c1-14(16-4-3-5-17(21(16)25)22(26)27)29-20-11-28-30-19-7-6-15(10-18(19)20)32-12-24(13-32)8-9-31(2)23(24)33/h3-7,10-11,14,22H,8-9,12-13H2,1-2H3,(H,29,30)/t14-/m1/s1. The third kappa shape index (κ3) is 3.55. The van der Waals surface area contributed by atoms with Crippen LogP contribution in [0.25, 0.3) is 10.9 Å². The van der Waals surface area contributed by atoms with E-state index < -0.39 is 23.8 Å². The molecule has 2 aromatic carbocycles. The number of nitrogens with zero attached hydrogens (tertiary/aromatic N) is 4. The van der Waals surface area contributed by atoms with E-state index in [0.29, 0.717) is 24.3 Å². The van der Waals surface area contributed by atoms with Crippen molar-refractivity contribution in [2.24, 2.45) is 5.41 Å². The molecule has 2 saturated heterocycles. The van der Waals surface area contributed by atoms with Crippen LogP contribution in [0.5, 0.6) is 0 Å². The van der Waals surface area contributed by atoms with Crippen LogP contribution < -0.4 is 10.2 Å². The number of aromatic nitrogens is 2. The highest BCUT2D eigenvalue weighted by Gasteiger charge is 2.53. The Kier molecular flexibility index (Phi) is 5.14. The van der Waals surface area contributed by atoms with Crippen molar-refractivity contribution in [2.45, 2.75) is 25.8 Å². The summed E-state index contributed by atoms with van der Waals surface area (Å²) in [6, 6.07) is 9.24. The van der Waals surface area contributed by atoms with E-state index in [1.165, 1.54) is 12.1 Å². The van der Waals surface area contributed by atoms with Crippen molar-refractivity contribution in [3.8, 4) is 0 Å². The molecule has 9 heteroatoms. The first-order valence-corrected chi connectivity index (χ1v) is 10.9. The predicted octanol–water partition coefficient (Wildman–Crippen LogP) is 4.55. The molecule has 172 valence electrons. The van der Waals surface area contributed by atoms with Crippen LogP contribution in [0.4, 0.5) is 24.5 Å². The van der Waals surface area contributed by atoms with Gasteiger partial charge in [-0.3, -0.25) is 4.79 Å². The zero-order valence-electron chi connectivity index (χ0n) is 18.4. The van der Waals surface area contributed by atoms with Gasteiger partial charge in [0, 0.05) is 43.3 Å². The molecule has 3 aromatic rings. The number of likely N-dealkylation sites (tertiary alicyclic amines) is 1. The van der Waals surface area contributed by atoms with Crippen LogP contribution in [0.3, 0.4) is 0 Å². The molecule has 6 nitrogen and oxygen atoms in total. The maximum atomic E-state index is 14.6. The van der Waals surface area contributed by atoms with E-state index >= 15 is 0 Å². The first-order valence-electron chi connectivity index (χ1n) is 10.9. The monoisotopic (exact) mass is 455 g/mol. The highest BCUT2D eigenvalue weighted by molar-refractivity contribution is 5.94. The Balaban J connectivity index is 1.41. The molecular formula is C24H24F3N5O. The average molecular weight is 455 g/mol. The van der Waals surface area contributed by atoms with E-state index in [4.69, 9.17) is 0 Å². The van der Waals surface area contributed by atoms with Crippen molar-refractivity contribution in [2.75, 3.05) is 36.9 Å². The quantitative estimate of drug-likeness (QED) is 0.612. The first-order chi connectivity index (χ1) is 15.8. The van der Waals surface area contributed by atoms with Gasteiger partial charge in [-0.15, -0.1) is 0 Å². The molecule has 1 spiro atoms. The van der Waals surface area contributed by atoms with Gasteiger partial charge in [-0.05, 0) is 31.5 Å². The zero-order chi connectivity index (χ0) is 23.3. The Hall–Kier alpha value is -3.36. The second kappa shape index (κ2) is 7.90. The molecule has 0 bridgehead atoms. The molecule has 1 N–H and O–H groups in total. The van der Waals surface area contributed by atoms with Crippen molar-refractivity contribution in [3.63, 3.8) is 0 Å². The van der Waals surface area contributed by atoms with E-state index in [0.717, 1.165) is 30.1 Å². The van der Waals surface area contributed by atoms with Crippen LogP contribution >= 0.6 is 0 Å². The van der Waals surface area contributed by atoms with Gasteiger partial charge in [-0.25, -0.2) is 13.2 Å². The number of carbonyl (C=O) groups is 1. The minimum atomic E-state index is -2.88. The van der Waals surface area contributed by atoms with Crippen LogP contribution in [0.1, 0.15) is 36.9 Å². The van der Waals surface area contributed by atoms with Crippen LogP contribution in [-0.2, 0) is 4.79 Å². The molecule has 2 aliphatic heterocycles. The summed E-state index contributed by atoms with van der Waals surface area (Å²) < 4.78 is 40.9. The summed E-state index contributed by atoms with van der Waals surface area (Å²) >= 11 is 0. The summed E-state index contributed by atoms with van der Waals surface area (Å²) in [6.45, 7) is 3.84. The van der Waals surface area contributed by atoms with Gasteiger partial charge in [0.05, 0.1) is 34.4 Å². The van der Waals surface area contributed by atoms with Gasteiger partial charge in [0.15, 0.2) is 0 Å². The number of amides is 1. The number of hydrogen-bond donors (Lipinski definition) is 1. The maximum absolute atomic E-state index is 14.6. The summed E-state index contributed by atoms with van der Waals surface area (Å²) in [5.41, 5.74) is 1.50. The number of rotatable bonds is 5. The molecule has 1 amide bonds. The molecule has 1 aromatic heterocycles. The number of anilines is 2. The molecule has 0 saturated carbocycles. The number of halogens is 3. The summed E-state index contributed by atoms with van der Waals surface area (Å²) in [5.74, 6) is -0.703. The second-order valence-corrected chi connectivity index (χ2v) is 8.99. The minimum absolute atomic E-state index is 0.155.